The average Bonchev–Trinajstić information content (AvgIpc) is 2.08. The lowest BCUT2D eigenvalue weighted by atomic mass is 10.1. The van der Waals surface area contributed by atoms with Crippen molar-refractivity contribution in [3.63, 3.8) is 0 Å². The molecular formula is C10H12IN. The van der Waals surface area contributed by atoms with Crippen LogP contribution in [0.4, 0.5) is 0 Å². The van der Waals surface area contributed by atoms with Gasteiger partial charge in [0.25, 0.3) is 0 Å². The zero-order valence-corrected chi connectivity index (χ0v) is 9.21. The fraction of sp³-hybridized carbons (Fsp3) is 0.200. The molecule has 0 saturated heterocycles. The molecule has 1 aromatic rings. The maximum Gasteiger partial charge on any atom is 0.0478 e. The summed E-state index contributed by atoms with van der Waals surface area (Å²) in [6.45, 7) is 5.75. The van der Waals surface area contributed by atoms with Crippen molar-refractivity contribution >= 4 is 22.6 Å². The number of aryl methyl sites for hydroxylation is 1. The Morgan fingerprint density at radius 2 is 2.25 bits per heavy atom. The standard InChI is InChI=1S/C10H12IN/c1-3-10(12)8-4-5-9(11)7(2)6-8/h3-6,10H,1,12H2,2H3. The van der Waals surface area contributed by atoms with Gasteiger partial charge in [0.1, 0.15) is 0 Å². The number of halogens is 1. The molecule has 0 fully saturated rings. The zero-order chi connectivity index (χ0) is 9.14. The van der Waals surface area contributed by atoms with Gasteiger partial charge in [-0.05, 0) is 46.7 Å². The first kappa shape index (κ1) is 9.74. The van der Waals surface area contributed by atoms with Crippen LogP contribution < -0.4 is 5.73 Å². The molecule has 2 N–H and O–H groups in total. The highest BCUT2D eigenvalue weighted by Gasteiger charge is 2.01. The van der Waals surface area contributed by atoms with E-state index in [9.17, 15) is 0 Å². The van der Waals surface area contributed by atoms with Crippen LogP contribution in [0.1, 0.15) is 17.2 Å². The molecule has 0 saturated carbocycles. The predicted octanol–water partition coefficient (Wildman–Crippen LogP) is 2.79. The summed E-state index contributed by atoms with van der Waals surface area (Å²) < 4.78 is 1.27. The van der Waals surface area contributed by atoms with Gasteiger partial charge in [-0.1, -0.05) is 18.2 Å². The topological polar surface area (TPSA) is 26.0 Å². The molecule has 0 aliphatic heterocycles. The Morgan fingerprint density at radius 1 is 1.58 bits per heavy atom. The first-order chi connectivity index (χ1) is 5.65. The van der Waals surface area contributed by atoms with E-state index in [1.165, 1.54) is 9.13 Å². The lowest BCUT2D eigenvalue weighted by Gasteiger charge is -2.07. The molecule has 0 heterocycles. The fourth-order valence-corrected chi connectivity index (χ4v) is 1.35. The van der Waals surface area contributed by atoms with Crippen LogP contribution in [0.3, 0.4) is 0 Å². The van der Waals surface area contributed by atoms with Crippen molar-refractivity contribution in [2.24, 2.45) is 5.73 Å². The predicted molar refractivity (Wildman–Crippen MR) is 61.0 cm³/mol. The maximum atomic E-state index is 5.79. The molecular weight excluding hydrogens is 261 g/mol. The summed E-state index contributed by atoms with van der Waals surface area (Å²) >= 11 is 2.31. The van der Waals surface area contributed by atoms with Gasteiger partial charge in [-0.2, -0.15) is 0 Å². The van der Waals surface area contributed by atoms with Gasteiger partial charge in [0.15, 0.2) is 0 Å². The summed E-state index contributed by atoms with van der Waals surface area (Å²) in [4.78, 5) is 0. The SMILES string of the molecule is C=CC(N)c1ccc(I)c(C)c1. The van der Waals surface area contributed by atoms with Gasteiger partial charge in [-0.15, -0.1) is 6.58 Å². The third kappa shape index (κ3) is 2.08. The zero-order valence-electron chi connectivity index (χ0n) is 7.05. The van der Waals surface area contributed by atoms with Gasteiger partial charge in [0.2, 0.25) is 0 Å². The van der Waals surface area contributed by atoms with Crippen LogP contribution in [0.15, 0.2) is 30.9 Å². The molecule has 1 rings (SSSR count). The van der Waals surface area contributed by atoms with E-state index in [0.29, 0.717) is 0 Å². The summed E-state index contributed by atoms with van der Waals surface area (Å²) in [5, 5.41) is 0. The maximum absolute atomic E-state index is 5.79. The highest BCUT2D eigenvalue weighted by Crippen LogP contribution is 2.17. The molecule has 12 heavy (non-hydrogen) atoms. The van der Waals surface area contributed by atoms with Crippen molar-refractivity contribution in [3.8, 4) is 0 Å². The highest BCUT2D eigenvalue weighted by molar-refractivity contribution is 14.1. The number of rotatable bonds is 2. The molecule has 2 heteroatoms. The second kappa shape index (κ2) is 4.05. The summed E-state index contributed by atoms with van der Waals surface area (Å²) in [6.07, 6.45) is 1.75. The quantitative estimate of drug-likeness (QED) is 0.650. The van der Waals surface area contributed by atoms with Crippen molar-refractivity contribution in [1.29, 1.82) is 0 Å². The summed E-state index contributed by atoms with van der Waals surface area (Å²) in [6, 6.07) is 6.18. The van der Waals surface area contributed by atoms with Gasteiger partial charge >= 0.3 is 0 Å². The van der Waals surface area contributed by atoms with Crippen LogP contribution in [0.5, 0.6) is 0 Å². The molecule has 64 valence electrons. The van der Waals surface area contributed by atoms with Gasteiger partial charge in [-0.3, -0.25) is 0 Å². The van der Waals surface area contributed by atoms with Crippen LogP contribution in [0, 0.1) is 10.5 Å². The van der Waals surface area contributed by atoms with Crippen LogP contribution in [-0.4, -0.2) is 0 Å². The van der Waals surface area contributed by atoms with E-state index >= 15 is 0 Å². The van der Waals surface area contributed by atoms with E-state index in [-0.39, 0.29) is 6.04 Å². The first-order valence-corrected chi connectivity index (χ1v) is 4.87. The van der Waals surface area contributed by atoms with Crippen molar-refractivity contribution in [3.05, 3.63) is 45.6 Å². The minimum atomic E-state index is -0.0410. The Kier molecular flexibility index (Phi) is 3.29. The van der Waals surface area contributed by atoms with Crippen molar-refractivity contribution in [1.82, 2.24) is 0 Å². The number of hydrogen-bond acceptors (Lipinski definition) is 1. The lowest BCUT2D eigenvalue weighted by molar-refractivity contribution is 0.911. The van der Waals surface area contributed by atoms with Crippen molar-refractivity contribution < 1.29 is 0 Å². The van der Waals surface area contributed by atoms with E-state index in [2.05, 4.69) is 48.2 Å². The van der Waals surface area contributed by atoms with Crippen LogP contribution in [0.2, 0.25) is 0 Å². The molecule has 0 spiro atoms. The Morgan fingerprint density at radius 3 is 2.75 bits per heavy atom. The minimum Gasteiger partial charge on any atom is -0.321 e. The smallest absolute Gasteiger partial charge is 0.0478 e. The minimum absolute atomic E-state index is 0.0410. The molecule has 0 aliphatic carbocycles. The van der Waals surface area contributed by atoms with Gasteiger partial charge in [0.05, 0.1) is 0 Å². The van der Waals surface area contributed by atoms with Crippen LogP contribution in [0.25, 0.3) is 0 Å². The third-order valence-corrected chi connectivity index (χ3v) is 3.03. The first-order valence-electron chi connectivity index (χ1n) is 3.79. The number of hydrogen-bond donors (Lipinski definition) is 1. The van der Waals surface area contributed by atoms with Gasteiger partial charge < -0.3 is 5.73 Å². The third-order valence-electron chi connectivity index (χ3n) is 1.82. The molecule has 1 nitrogen and oxygen atoms in total. The van der Waals surface area contributed by atoms with E-state index in [4.69, 9.17) is 5.73 Å². The average molecular weight is 273 g/mol. The van der Waals surface area contributed by atoms with Crippen LogP contribution >= 0.6 is 22.6 Å². The summed E-state index contributed by atoms with van der Waals surface area (Å²) in [7, 11) is 0. The molecule has 1 aromatic carbocycles. The molecule has 0 radical (unpaired) electrons. The summed E-state index contributed by atoms with van der Waals surface area (Å²) in [5.74, 6) is 0. The van der Waals surface area contributed by atoms with Gasteiger partial charge in [-0.25, -0.2) is 0 Å². The van der Waals surface area contributed by atoms with E-state index in [0.717, 1.165) is 5.56 Å². The number of nitrogens with two attached hydrogens (primary N) is 1. The van der Waals surface area contributed by atoms with E-state index in [1.54, 1.807) is 6.08 Å². The van der Waals surface area contributed by atoms with Crippen molar-refractivity contribution in [2.45, 2.75) is 13.0 Å². The molecule has 0 aromatic heterocycles. The molecule has 0 amide bonds. The fourth-order valence-electron chi connectivity index (χ4n) is 1.01. The van der Waals surface area contributed by atoms with E-state index in [1.807, 2.05) is 6.07 Å². The largest absolute Gasteiger partial charge is 0.321 e. The van der Waals surface area contributed by atoms with Gasteiger partial charge in [0, 0.05) is 9.61 Å². The summed E-state index contributed by atoms with van der Waals surface area (Å²) in [5.41, 5.74) is 8.19. The highest BCUT2D eigenvalue weighted by atomic mass is 127. The molecule has 0 aliphatic rings. The number of benzene rings is 1. The molecule has 1 atom stereocenters. The molecule has 0 bridgehead atoms. The normalized spacial score (nSPS) is 12.6. The van der Waals surface area contributed by atoms with Crippen LogP contribution in [-0.2, 0) is 0 Å². The molecule has 1 unspecified atom stereocenters. The Hall–Kier alpha value is -0.350. The Bertz CT molecular complexity index is 294. The monoisotopic (exact) mass is 273 g/mol. The second-order valence-corrected chi connectivity index (χ2v) is 3.93. The van der Waals surface area contributed by atoms with Crippen molar-refractivity contribution in [2.75, 3.05) is 0 Å². The Labute approximate surface area is 86.8 Å². The van der Waals surface area contributed by atoms with E-state index < -0.39 is 0 Å². The lowest BCUT2D eigenvalue weighted by Crippen LogP contribution is -2.06. The Balaban J connectivity index is 3.04. The second-order valence-electron chi connectivity index (χ2n) is 2.77.